The average Bonchev–Trinajstić information content (AvgIpc) is 2.83. The molecule has 0 nitrogen and oxygen atoms in total. The molecule has 6 aromatic carbocycles. The third-order valence-electron chi connectivity index (χ3n) is 6.13. The molecule has 0 unspecified atom stereocenters. The maximum absolute atomic E-state index is 15.0. The lowest BCUT2D eigenvalue weighted by molar-refractivity contribution is 0.631. The molecule has 0 saturated heterocycles. The van der Waals surface area contributed by atoms with E-state index in [4.69, 9.17) is 0 Å². The number of rotatable bonds is 2. The second-order valence-electron chi connectivity index (χ2n) is 7.85. The molecule has 31 heavy (non-hydrogen) atoms. The van der Waals surface area contributed by atoms with Crippen LogP contribution >= 0.6 is 0 Å². The fourth-order valence-electron chi connectivity index (χ4n) is 4.82. The first-order valence-electron chi connectivity index (χ1n) is 10.5. The highest BCUT2D eigenvalue weighted by Crippen LogP contribution is 2.45. The highest BCUT2D eigenvalue weighted by Gasteiger charge is 2.18. The van der Waals surface area contributed by atoms with Gasteiger partial charge in [-0.25, -0.2) is 4.39 Å². The molecule has 146 valence electrons. The summed E-state index contributed by atoms with van der Waals surface area (Å²) in [5.74, 6) is -0.198. The van der Waals surface area contributed by atoms with Crippen LogP contribution in [0.5, 0.6) is 0 Å². The monoisotopic (exact) mass is 398 g/mol. The summed E-state index contributed by atoms with van der Waals surface area (Å²) in [5.41, 5.74) is 3.99. The molecule has 0 aliphatic rings. The zero-order chi connectivity index (χ0) is 20.8. The van der Waals surface area contributed by atoms with Gasteiger partial charge in [0, 0.05) is 11.1 Å². The van der Waals surface area contributed by atoms with E-state index in [9.17, 15) is 4.39 Å². The summed E-state index contributed by atoms with van der Waals surface area (Å²) < 4.78 is 15.0. The zero-order valence-corrected chi connectivity index (χ0v) is 16.8. The molecule has 1 heteroatoms. The van der Waals surface area contributed by atoms with Crippen LogP contribution < -0.4 is 0 Å². The Hall–Kier alpha value is -3.97. The number of halogens is 1. The van der Waals surface area contributed by atoms with E-state index in [1.807, 2.05) is 24.3 Å². The summed E-state index contributed by atoms with van der Waals surface area (Å²) in [6.07, 6.45) is 0. The Bertz CT molecular complexity index is 1530. The lowest BCUT2D eigenvalue weighted by Crippen LogP contribution is -1.93. The van der Waals surface area contributed by atoms with Crippen molar-refractivity contribution in [2.24, 2.45) is 0 Å². The number of hydrogen-bond acceptors (Lipinski definition) is 0. The van der Waals surface area contributed by atoms with Gasteiger partial charge in [-0.1, -0.05) is 109 Å². The van der Waals surface area contributed by atoms with Crippen molar-refractivity contribution in [3.8, 4) is 22.3 Å². The second kappa shape index (κ2) is 7.07. The van der Waals surface area contributed by atoms with Gasteiger partial charge in [-0.05, 0) is 49.5 Å². The maximum atomic E-state index is 15.0. The van der Waals surface area contributed by atoms with Crippen LogP contribution in [-0.4, -0.2) is 0 Å². The smallest absolute Gasteiger partial charge is 0.131 e. The summed E-state index contributed by atoms with van der Waals surface area (Å²) in [6, 6.07) is 38.7. The van der Waals surface area contributed by atoms with Gasteiger partial charge in [-0.2, -0.15) is 0 Å². The predicted molar refractivity (Wildman–Crippen MR) is 130 cm³/mol. The fourth-order valence-corrected chi connectivity index (χ4v) is 4.82. The Balaban J connectivity index is 1.85. The van der Waals surface area contributed by atoms with E-state index in [1.165, 1.54) is 28.0 Å². The molecule has 6 rings (SSSR count). The molecule has 0 spiro atoms. The first kappa shape index (κ1) is 17.9. The Kier molecular flexibility index (Phi) is 4.07. The van der Waals surface area contributed by atoms with Crippen LogP contribution in [0.1, 0.15) is 0 Å². The van der Waals surface area contributed by atoms with E-state index >= 15 is 0 Å². The molecule has 0 aliphatic heterocycles. The Morgan fingerprint density at radius 1 is 0.355 bits per heavy atom. The molecule has 0 atom stereocenters. The van der Waals surface area contributed by atoms with E-state index in [0.29, 0.717) is 5.56 Å². The summed E-state index contributed by atoms with van der Waals surface area (Å²) in [5, 5.41) is 6.83. The van der Waals surface area contributed by atoms with Gasteiger partial charge in [-0.15, -0.1) is 0 Å². The minimum absolute atomic E-state index is 0.198. The molecule has 0 bridgehead atoms. The Morgan fingerprint density at radius 2 is 0.774 bits per heavy atom. The molecular formula is C30H19F. The number of fused-ring (bicyclic) bond motifs is 3. The molecule has 0 aliphatic carbocycles. The standard InChI is InChI=1S/C30H19F/c31-28-19-8-7-17-27(28)30-25-15-5-3-13-23(25)29(24-14-4-6-16-26(24)30)22-18-9-11-20-10-1-2-12-21(20)22/h1-19H. The van der Waals surface area contributed by atoms with Gasteiger partial charge < -0.3 is 0 Å². The van der Waals surface area contributed by atoms with Gasteiger partial charge in [0.1, 0.15) is 5.82 Å². The summed E-state index contributed by atoms with van der Waals surface area (Å²) >= 11 is 0. The quantitative estimate of drug-likeness (QED) is 0.256. The van der Waals surface area contributed by atoms with Crippen molar-refractivity contribution in [2.75, 3.05) is 0 Å². The van der Waals surface area contributed by atoms with Crippen LogP contribution in [0.3, 0.4) is 0 Å². The van der Waals surface area contributed by atoms with E-state index in [2.05, 4.69) is 78.9 Å². The third kappa shape index (κ3) is 2.74. The van der Waals surface area contributed by atoms with Gasteiger partial charge in [0.25, 0.3) is 0 Å². The van der Waals surface area contributed by atoms with E-state index < -0.39 is 0 Å². The Labute approximate surface area is 180 Å². The van der Waals surface area contributed by atoms with Crippen LogP contribution in [-0.2, 0) is 0 Å². The normalized spacial score (nSPS) is 11.4. The fraction of sp³-hybridized carbons (Fsp3) is 0. The topological polar surface area (TPSA) is 0 Å². The predicted octanol–water partition coefficient (Wildman–Crippen LogP) is 8.62. The zero-order valence-electron chi connectivity index (χ0n) is 16.8. The first-order valence-corrected chi connectivity index (χ1v) is 10.5. The van der Waals surface area contributed by atoms with Crippen LogP contribution in [0.4, 0.5) is 4.39 Å². The van der Waals surface area contributed by atoms with Crippen molar-refractivity contribution in [3.05, 3.63) is 121 Å². The van der Waals surface area contributed by atoms with Crippen molar-refractivity contribution in [1.29, 1.82) is 0 Å². The van der Waals surface area contributed by atoms with E-state index in [0.717, 1.165) is 27.1 Å². The largest absolute Gasteiger partial charge is 0.206 e. The third-order valence-corrected chi connectivity index (χ3v) is 6.13. The van der Waals surface area contributed by atoms with Gasteiger partial charge in [0.05, 0.1) is 0 Å². The lowest BCUT2D eigenvalue weighted by atomic mass is 9.84. The molecule has 0 fully saturated rings. The maximum Gasteiger partial charge on any atom is 0.131 e. The van der Waals surface area contributed by atoms with Crippen molar-refractivity contribution < 1.29 is 4.39 Å². The molecule has 0 aromatic heterocycles. The van der Waals surface area contributed by atoms with Crippen molar-refractivity contribution in [1.82, 2.24) is 0 Å². The van der Waals surface area contributed by atoms with Gasteiger partial charge in [0.2, 0.25) is 0 Å². The first-order chi connectivity index (χ1) is 15.3. The summed E-state index contributed by atoms with van der Waals surface area (Å²) in [6.45, 7) is 0. The van der Waals surface area contributed by atoms with Crippen molar-refractivity contribution in [2.45, 2.75) is 0 Å². The lowest BCUT2D eigenvalue weighted by Gasteiger charge is -2.19. The molecule has 0 saturated carbocycles. The Morgan fingerprint density at radius 3 is 1.39 bits per heavy atom. The number of benzene rings is 6. The van der Waals surface area contributed by atoms with Crippen LogP contribution in [0.15, 0.2) is 115 Å². The highest BCUT2D eigenvalue weighted by molar-refractivity contribution is 6.23. The molecule has 0 N–H and O–H groups in total. The van der Waals surface area contributed by atoms with Crippen LogP contribution in [0.2, 0.25) is 0 Å². The molecule has 6 aromatic rings. The highest BCUT2D eigenvalue weighted by atomic mass is 19.1. The van der Waals surface area contributed by atoms with Gasteiger partial charge >= 0.3 is 0 Å². The van der Waals surface area contributed by atoms with Gasteiger partial charge in [-0.3, -0.25) is 0 Å². The van der Waals surface area contributed by atoms with Crippen LogP contribution in [0.25, 0.3) is 54.6 Å². The minimum atomic E-state index is -0.198. The van der Waals surface area contributed by atoms with Crippen molar-refractivity contribution in [3.63, 3.8) is 0 Å². The number of hydrogen-bond donors (Lipinski definition) is 0. The second-order valence-corrected chi connectivity index (χ2v) is 7.85. The van der Waals surface area contributed by atoms with E-state index in [1.54, 1.807) is 6.07 Å². The van der Waals surface area contributed by atoms with Crippen LogP contribution in [0, 0.1) is 5.82 Å². The van der Waals surface area contributed by atoms with E-state index in [-0.39, 0.29) is 5.82 Å². The molecular weight excluding hydrogens is 379 g/mol. The average molecular weight is 398 g/mol. The summed E-state index contributed by atoms with van der Waals surface area (Å²) in [7, 11) is 0. The molecule has 0 heterocycles. The molecule has 0 radical (unpaired) electrons. The minimum Gasteiger partial charge on any atom is -0.206 e. The summed E-state index contributed by atoms with van der Waals surface area (Å²) in [4.78, 5) is 0. The van der Waals surface area contributed by atoms with Crippen molar-refractivity contribution >= 4 is 32.3 Å². The molecule has 0 amide bonds. The van der Waals surface area contributed by atoms with Gasteiger partial charge in [0.15, 0.2) is 0 Å². The SMILES string of the molecule is Fc1ccccc1-c1c2ccccc2c(-c2cccc3ccccc23)c2ccccc12.